The fourth-order valence-corrected chi connectivity index (χ4v) is 2.22. The van der Waals surface area contributed by atoms with Crippen LogP contribution in [0.4, 0.5) is 5.82 Å². The highest BCUT2D eigenvalue weighted by Gasteiger charge is 2.22. The lowest BCUT2D eigenvalue weighted by Crippen LogP contribution is -2.20. The molecule has 0 bridgehead atoms. The van der Waals surface area contributed by atoms with Crippen molar-refractivity contribution in [3.8, 4) is 0 Å². The number of nitrogens with one attached hydrogen (secondary N) is 1. The molecule has 0 unspecified atom stereocenters. The topological polar surface area (TPSA) is 42.0 Å². The molecule has 0 aliphatic heterocycles. The molecule has 1 aliphatic rings. The van der Waals surface area contributed by atoms with Crippen molar-refractivity contribution in [1.82, 2.24) is 4.98 Å². The van der Waals surface area contributed by atoms with Gasteiger partial charge in [-0.05, 0) is 25.0 Å². The van der Waals surface area contributed by atoms with Crippen LogP contribution in [0.1, 0.15) is 25.7 Å². The first-order chi connectivity index (χ1) is 7.25. The maximum Gasteiger partial charge on any atom is 0.228 e. The minimum absolute atomic E-state index is 0.109. The molecule has 0 spiro atoms. The predicted molar refractivity (Wildman–Crippen MR) is 62.5 cm³/mol. The van der Waals surface area contributed by atoms with Gasteiger partial charge in [-0.2, -0.15) is 0 Å². The number of amides is 1. The van der Waals surface area contributed by atoms with Crippen molar-refractivity contribution in [2.75, 3.05) is 5.32 Å². The summed E-state index contributed by atoms with van der Waals surface area (Å²) in [6.07, 6.45) is 6.04. The zero-order valence-electron chi connectivity index (χ0n) is 8.37. The van der Waals surface area contributed by atoms with Crippen LogP contribution >= 0.6 is 15.9 Å². The Bertz CT molecular complexity index is 361. The van der Waals surface area contributed by atoms with Crippen LogP contribution in [0, 0.1) is 5.92 Å². The third-order valence-electron chi connectivity index (χ3n) is 2.70. The van der Waals surface area contributed by atoms with Gasteiger partial charge < -0.3 is 5.32 Å². The molecule has 1 amide bonds. The molecule has 0 radical (unpaired) electrons. The molecule has 3 nitrogen and oxygen atoms in total. The van der Waals surface area contributed by atoms with Crippen LogP contribution in [-0.2, 0) is 4.79 Å². The molecule has 15 heavy (non-hydrogen) atoms. The second-order valence-electron chi connectivity index (χ2n) is 3.83. The summed E-state index contributed by atoms with van der Waals surface area (Å²) in [5, 5.41) is 2.84. The van der Waals surface area contributed by atoms with Crippen molar-refractivity contribution in [1.29, 1.82) is 0 Å². The lowest BCUT2D eigenvalue weighted by Gasteiger charge is -2.09. The molecule has 1 aromatic rings. The minimum Gasteiger partial charge on any atom is -0.310 e. The average Bonchev–Trinajstić information content (AvgIpc) is 2.70. The van der Waals surface area contributed by atoms with E-state index in [1.54, 1.807) is 6.20 Å². The lowest BCUT2D eigenvalue weighted by molar-refractivity contribution is -0.119. The summed E-state index contributed by atoms with van der Waals surface area (Å²) in [6.45, 7) is 0. The van der Waals surface area contributed by atoms with E-state index < -0.39 is 0 Å². The van der Waals surface area contributed by atoms with Crippen LogP contribution in [-0.4, -0.2) is 10.9 Å². The molecule has 4 heteroatoms. The van der Waals surface area contributed by atoms with Gasteiger partial charge in [0.15, 0.2) is 0 Å². The summed E-state index contributed by atoms with van der Waals surface area (Å²) in [5.41, 5.74) is 0. The summed E-state index contributed by atoms with van der Waals surface area (Å²) in [7, 11) is 0. The van der Waals surface area contributed by atoms with Crippen molar-refractivity contribution < 1.29 is 4.79 Å². The average molecular weight is 269 g/mol. The Morgan fingerprint density at radius 3 is 2.87 bits per heavy atom. The van der Waals surface area contributed by atoms with E-state index in [4.69, 9.17) is 0 Å². The van der Waals surface area contributed by atoms with Crippen molar-refractivity contribution in [2.24, 2.45) is 5.92 Å². The number of carbonyl (C=O) groups is 1. The molecular weight excluding hydrogens is 256 g/mol. The van der Waals surface area contributed by atoms with Crippen LogP contribution in [0.15, 0.2) is 22.8 Å². The van der Waals surface area contributed by atoms with Gasteiger partial charge in [0.1, 0.15) is 5.82 Å². The highest BCUT2D eigenvalue weighted by molar-refractivity contribution is 9.10. The fraction of sp³-hybridized carbons (Fsp3) is 0.455. The summed E-state index contributed by atoms with van der Waals surface area (Å²) >= 11 is 3.34. The van der Waals surface area contributed by atoms with Crippen LogP contribution in [0.3, 0.4) is 0 Å². The molecular formula is C11H13BrN2O. The maximum atomic E-state index is 11.8. The van der Waals surface area contributed by atoms with Crippen LogP contribution in [0.5, 0.6) is 0 Å². The van der Waals surface area contributed by atoms with Gasteiger partial charge in [-0.3, -0.25) is 4.79 Å². The fourth-order valence-electron chi connectivity index (χ4n) is 1.89. The largest absolute Gasteiger partial charge is 0.310 e. The molecule has 0 atom stereocenters. The molecule has 2 rings (SSSR count). The summed E-state index contributed by atoms with van der Waals surface area (Å²) in [5.74, 6) is 0.921. The van der Waals surface area contributed by atoms with Crippen molar-refractivity contribution in [2.45, 2.75) is 25.7 Å². The van der Waals surface area contributed by atoms with E-state index in [-0.39, 0.29) is 11.8 Å². The first kappa shape index (κ1) is 10.6. The van der Waals surface area contributed by atoms with Crippen molar-refractivity contribution in [3.05, 3.63) is 22.8 Å². The number of anilines is 1. The number of carbonyl (C=O) groups excluding carboxylic acids is 1. The first-order valence-corrected chi connectivity index (χ1v) is 5.97. The number of halogens is 1. The highest BCUT2D eigenvalue weighted by Crippen LogP contribution is 2.25. The molecule has 80 valence electrons. The molecule has 1 aromatic heterocycles. The third-order valence-corrected chi connectivity index (χ3v) is 3.19. The lowest BCUT2D eigenvalue weighted by atomic mass is 10.1. The van der Waals surface area contributed by atoms with E-state index in [9.17, 15) is 4.79 Å². The van der Waals surface area contributed by atoms with Crippen LogP contribution < -0.4 is 5.32 Å². The standard InChI is InChI=1S/C11H13BrN2O/c12-9-5-6-13-10(7-9)14-11(15)8-3-1-2-4-8/h5-8H,1-4H2,(H,13,14,15). The Labute approximate surface area is 97.4 Å². The zero-order chi connectivity index (χ0) is 10.7. The summed E-state index contributed by atoms with van der Waals surface area (Å²) in [6, 6.07) is 3.65. The summed E-state index contributed by atoms with van der Waals surface area (Å²) < 4.78 is 0.930. The van der Waals surface area contributed by atoms with Gasteiger partial charge >= 0.3 is 0 Å². The number of hydrogen-bond donors (Lipinski definition) is 1. The zero-order valence-corrected chi connectivity index (χ0v) is 9.96. The van der Waals surface area contributed by atoms with E-state index in [2.05, 4.69) is 26.2 Å². The number of nitrogens with zero attached hydrogens (tertiary/aromatic N) is 1. The third kappa shape index (κ3) is 2.78. The molecule has 1 aliphatic carbocycles. The normalized spacial score (nSPS) is 16.6. The van der Waals surface area contributed by atoms with Crippen molar-refractivity contribution >= 4 is 27.7 Å². The van der Waals surface area contributed by atoms with Crippen molar-refractivity contribution in [3.63, 3.8) is 0 Å². The van der Waals surface area contributed by atoms with Gasteiger partial charge in [-0.1, -0.05) is 28.8 Å². The first-order valence-electron chi connectivity index (χ1n) is 5.18. The number of rotatable bonds is 2. The minimum atomic E-state index is 0.109. The second kappa shape index (κ2) is 4.75. The Kier molecular flexibility index (Phi) is 3.36. The number of pyridine rings is 1. The Morgan fingerprint density at radius 1 is 1.47 bits per heavy atom. The molecule has 0 saturated heterocycles. The number of hydrogen-bond acceptors (Lipinski definition) is 2. The van der Waals surface area contributed by atoms with E-state index in [0.29, 0.717) is 5.82 Å². The quantitative estimate of drug-likeness (QED) is 0.896. The molecule has 1 N–H and O–H groups in total. The van der Waals surface area contributed by atoms with Gasteiger partial charge in [-0.25, -0.2) is 4.98 Å². The van der Waals surface area contributed by atoms with Crippen LogP contribution in [0.25, 0.3) is 0 Å². The summed E-state index contributed by atoms with van der Waals surface area (Å²) in [4.78, 5) is 15.8. The van der Waals surface area contributed by atoms with E-state index >= 15 is 0 Å². The molecule has 0 aromatic carbocycles. The predicted octanol–water partition coefficient (Wildman–Crippen LogP) is 2.97. The Hall–Kier alpha value is -0.900. The van der Waals surface area contributed by atoms with E-state index in [1.165, 1.54) is 12.8 Å². The highest BCUT2D eigenvalue weighted by atomic mass is 79.9. The molecule has 1 heterocycles. The second-order valence-corrected chi connectivity index (χ2v) is 4.75. The maximum absolute atomic E-state index is 11.8. The van der Waals surface area contributed by atoms with Gasteiger partial charge in [0.05, 0.1) is 0 Å². The smallest absolute Gasteiger partial charge is 0.228 e. The number of aromatic nitrogens is 1. The van der Waals surface area contributed by atoms with Gasteiger partial charge in [0.2, 0.25) is 5.91 Å². The molecule has 1 saturated carbocycles. The molecule has 1 fully saturated rings. The van der Waals surface area contributed by atoms with Crippen LogP contribution in [0.2, 0.25) is 0 Å². The van der Waals surface area contributed by atoms with E-state index in [1.807, 2.05) is 12.1 Å². The Balaban J connectivity index is 1.99. The van der Waals surface area contributed by atoms with Gasteiger partial charge in [0.25, 0.3) is 0 Å². The van der Waals surface area contributed by atoms with E-state index in [0.717, 1.165) is 17.3 Å². The SMILES string of the molecule is O=C(Nc1cc(Br)ccn1)C1CCCC1. The Morgan fingerprint density at radius 2 is 2.20 bits per heavy atom. The monoisotopic (exact) mass is 268 g/mol. The van der Waals surface area contributed by atoms with Gasteiger partial charge in [-0.15, -0.1) is 0 Å². The van der Waals surface area contributed by atoms with Gasteiger partial charge in [0, 0.05) is 16.6 Å².